The molecule has 16 heavy (non-hydrogen) atoms. The summed E-state index contributed by atoms with van der Waals surface area (Å²) in [4.78, 5) is 6.78. The van der Waals surface area contributed by atoms with Gasteiger partial charge < -0.3 is 5.11 Å². The zero-order valence-corrected chi connectivity index (χ0v) is 9.84. The number of likely N-dealkylation sites (tertiary alicyclic amines) is 1. The molecule has 1 fully saturated rings. The van der Waals surface area contributed by atoms with Crippen LogP contribution in [0.1, 0.15) is 37.9 Å². The van der Waals surface area contributed by atoms with E-state index in [2.05, 4.69) is 22.9 Å². The fourth-order valence-corrected chi connectivity index (χ4v) is 2.52. The molecule has 1 aromatic heterocycles. The minimum Gasteiger partial charge on any atom is -0.395 e. The number of aromatic nitrogens is 1. The van der Waals surface area contributed by atoms with Crippen molar-refractivity contribution in [1.29, 1.82) is 0 Å². The highest BCUT2D eigenvalue weighted by Gasteiger charge is 2.26. The molecule has 0 radical (unpaired) electrons. The van der Waals surface area contributed by atoms with Crippen LogP contribution in [0.2, 0.25) is 0 Å². The van der Waals surface area contributed by atoms with Gasteiger partial charge in [0.1, 0.15) is 0 Å². The predicted octanol–water partition coefficient (Wildman–Crippen LogP) is 1.99. The maximum atomic E-state index is 9.40. The molecule has 0 aliphatic carbocycles. The standard InChI is InChI=1S/C13H20N2O/c1-11(13-7-2-4-8-14-13)15-9-5-3-6-12(15)10-16/h2,4,7-8,11-12,16H,3,5-6,9-10H2,1H3/t11-,12+/m1/s1. The lowest BCUT2D eigenvalue weighted by molar-refractivity contribution is 0.0574. The average Bonchev–Trinajstić information content (AvgIpc) is 2.39. The first-order valence-corrected chi connectivity index (χ1v) is 6.10. The molecule has 3 nitrogen and oxygen atoms in total. The lowest BCUT2D eigenvalue weighted by Gasteiger charge is -2.38. The van der Waals surface area contributed by atoms with Crippen LogP contribution in [0.25, 0.3) is 0 Å². The van der Waals surface area contributed by atoms with Gasteiger partial charge in [-0.2, -0.15) is 0 Å². The molecule has 2 atom stereocenters. The third kappa shape index (κ3) is 2.42. The van der Waals surface area contributed by atoms with Crippen LogP contribution in [0, 0.1) is 0 Å². The largest absolute Gasteiger partial charge is 0.395 e. The predicted molar refractivity (Wildman–Crippen MR) is 64.1 cm³/mol. The van der Waals surface area contributed by atoms with Crippen LogP contribution < -0.4 is 0 Å². The van der Waals surface area contributed by atoms with Gasteiger partial charge >= 0.3 is 0 Å². The Balaban J connectivity index is 2.10. The number of hydrogen-bond donors (Lipinski definition) is 1. The molecule has 0 amide bonds. The highest BCUT2D eigenvalue weighted by atomic mass is 16.3. The molecule has 88 valence electrons. The summed E-state index contributed by atoms with van der Waals surface area (Å²) in [6, 6.07) is 6.64. The summed E-state index contributed by atoms with van der Waals surface area (Å²) in [7, 11) is 0. The second-order valence-corrected chi connectivity index (χ2v) is 4.50. The number of piperidine rings is 1. The van der Waals surface area contributed by atoms with Crippen molar-refractivity contribution in [3.8, 4) is 0 Å². The first kappa shape index (κ1) is 11.6. The van der Waals surface area contributed by atoms with Crippen LogP contribution in [-0.4, -0.2) is 34.2 Å². The summed E-state index contributed by atoms with van der Waals surface area (Å²) in [6.45, 7) is 3.51. The molecule has 0 bridgehead atoms. The molecule has 0 unspecified atom stereocenters. The number of aliphatic hydroxyl groups is 1. The zero-order valence-electron chi connectivity index (χ0n) is 9.84. The van der Waals surface area contributed by atoms with Crippen LogP contribution in [-0.2, 0) is 0 Å². The van der Waals surface area contributed by atoms with Gasteiger partial charge in [0.05, 0.1) is 12.3 Å². The Bertz CT molecular complexity index is 315. The van der Waals surface area contributed by atoms with E-state index in [0.717, 1.165) is 18.7 Å². The van der Waals surface area contributed by atoms with Crippen LogP contribution in [0.5, 0.6) is 0 Å². The second kappa shape index (κ2) is 5.41. The fourth-order valence-electron chi connectivity index (χ4n) is 2.52. The van der Waals surface area contributed by atoms with E-state index in [-0.39, 0.29) is 6.61 Å². The van der Waals surface area contributed by atoms with Crippen molar-refractivity contribution in [2.45, 2.75) is 38.3 Å². The summed E-state index contributed by atoms with van der Waals surface area (Å²) in [5.74, 6) is 0. The van der Waals surface area contributed by atoms with Gasteiger partial charge in [0, 0.05) is 18.3 Å². The van der Waals surface area contributed by atoms with Crippen molar-refractivity contribution in [3.63, 3.8) is 0 Å². The quantitative estimate of drug-likeness (QED) is 0.846. The van der Waals surface area contributed by atoms with Crippen molar-refractivity contribution in [1.82, 2.24) is 9.88 Å². The Morgan fingerprint density at radius 1 is 1.50 bits per heavy atom. The minimum atomic E-state index is 0.261. The van der Waals surface area contributed by atoms with Crippen LogP contribution in [0.4, 0.5) is 0 Å². The van der Waals surface area contributed by atoms with Crippen LogP contribution in [0.3, 0.4) is 0 Å². The van der Waals surface area contributed by atoms with Gasteiger partial charge in [-0.15, -0.1) is 0 Å². The van der Waals surface area contributed by atoms with E-state index < -0.39 is 0 Å². The molecule has 1 N–H and O–H groups in total. The maximum Gasteiger partial charge on any atom is 0.0587 e. The second-order valence-electron chi connectivity index (χ2n) is 4.50. The molecule has 0 saturated carbocycles. The summed E-state index contributed by atoms with van der Waals surface area (Å²) in [5.41, 5.74) is 1.10. The molecule has 1 aliphatic rings. The highest BCUT2D eigenvalue weighted by molar-refractivity contribution is 5.08. The van der Waals surface area contributed by atoms with Gasteiger partial charge in [0.15, 0.2) is 0 Å². The van der Waals surface area contributed by atoms with E-state index in [1.54, 1.807) is 0 Å². The van der Waals surface area contributed by atoms with Gasteiger partial charge in [0.2, 0.25) is 0 Å². The number of aliphatic hydroxyl groups excluding tert-OH is 1. The molecule has 3 heteroatoms. The van der Waals surface area contributed by atoms with Crippen molar-refractivity contribution < 1.29 is 5.11 Å². The maximum absolute atomic E-state index is 9.40. The van der Waals surface area contributed by atoms with Crippen molar-refractivity contribution in [2.24, 2.45) is 0 Å². The van der Waals surface area contributed by atoms with Crippen molar-refractivity contribution in [2.75, 3.05) is 13.2 Å². The van der Waals surface area contributed by atoms with Gasteiger partial charge in [-0.1, -0.05) is 12.5 Å². The molecular weight excluding hydrogens is 200 g/mol. The van der Waals surface area contributed by atoms with E-state index in [1.165, 1.54) is 12.8 Å². The van der Waals surface area contributed by atoms with Crippen molar-refractivity contribution in [3.05, 3.63) is 30.1 Å². The third-order valence-electron chi connectivity index (χ3n) is 3.50. The summed E-state index contributed by atoms with van der Waals surface area (Å²) < 4.78 is 0. The summed E-state index contributed by atoms with van der Waals surface area (Å²) >= 11 is 0. The molecule has 1 aromatic rings. The monoisotopic (exact) mass is 220 g/mol. The molecule has 1 aliphatic heterocycles. The molecule has 1 saturated heterocycles. The Kier molecular flexibility index (Phi) is 3.91. The van der Waals surface area contributed by atoms with Gasteiger partial charge in [-0.25, -0.2) is 0 Å². The number of hydrogen-bond acceptors (Lipinski definition) is 3. The molecule has 2 rings (SSSR count). The van der Waals surface area contributed by atoms with Crippen molar-refractivity contribution >= 4 is 0 Å². The Labute approximate surface area is 97.1 Å². The molecule has 0 spiro atoms. The molecule has 0 aromatic carbocycles. The topological polar surface area (TPSA) is 36.4 Å². The van der Waals surface area contributed by atoms with Gasteiger partial charge in [0.25, 0.3) is 0 Å². The number of nitrogens with zero attached hydrogens (tertiary/aromatic N) is 2. The van der Waals surface area contributed by atoms with E-state index in [4.69, 9.17) is 0 Å². The highest BCUT2D eigenvalue weighted by Crippen LogP contribution is 2.26. The van der Waals surface area contributed by atoms with Gasteiger partial charge in [-0.3, -0.25) is 9.88 Å². The van der Waals surface area contributed by atoms with Crippen LogP contribution in [0.15, 0.2) is 24.4 Å². The lowest BCUT2D eigenvalue weighted by atomic mass is 9.99. The average molecular weight is 220 g/mol. The van der Waals surface area contributed by atoms with E-state index >= 15 is 0 Å². The first-order valence-electron chi connectivity index (χ1n) is 6.10. The Morgan fingerprint density at radius 3 is 3.06 bits per heavy atom. The Hall–Kier alpha value is -0.930. The van der Waals surface area contributed by atoms with E-state index in [9.17, 15) is 5.11 Å². The van der Waals surface area contributed by atoms with E-state index in [0.29, 0.717) is 12.1 Å². The summed E-state index contributed by atoms with van der Waals surface area (Å²) in [5, 5.41) is 9.40. The zero-order chi connectivity index (χ0) is 11.4. The first-order chi connectivity index (χ1) is 7.83. The van der Waals surface area contributed by atoms with Crippen LogP contribution >= 0.6 is 0 Å². The lowest BCUT2D eigenvalue weighted by Crippen LogP contribution is -2.43. The molecular formula is C13H20N2O. The summed E-state index contributed by atoms with van der Waals surface area (Å²) in [6.07, 6.45) is 5.40. The fraction of sp³-hybridized carbons (Fsp3) is 0.615. The number of pyridine rings is 1. The Morgan fingerprint density at radius 2 is 2.38 bits per heavy atom. The normalized spacial score (nSPS) is 24.2. The smallest absolute Gasteiger partial charge is 0.0587 e. The SMILES string of the molecule is C[C@H](c1ccccn1)N1CCCC[C@H]1CO. The third-order valence-corrected chi connectivity index (χ3v) is 3.50. The van der Waals surface area contributed by atoms with E-state index in [1.807, 2.05) is 18.3 Å². The number of rotatable bonds is 3. The van der Waals surface area contributed by atoms with Gasteiger partial charge in [-0.05, 0) is 38.4 Å². The minimum absolute atomic E-state index is 0.261. The molecule has 2 heterocycles.